The minimum Gasteiger partial charge on any atom is -0.305 e. The van der Waals surface area contributed by atoms with Gasteiger partial charge in [0.2, 0.25) is 0 Å². The first kappa shape index (κ1) is 16.8. The van der Waals surface area contributed by atoms with E-state index in [4.69, 9.17) is 11.6 Å². The van der Waals surface area contributed by atoms with E-state index in [9.17, 15) is 10.1 Å². The molecule has 0 unspecified atom stereocenters. The fraction of sp³-hybridized carbons (Fsp3) is 0.250. The molecule has 2 aromatic rings. The van der Waals surface area contributed by atoms with E-state index >= 15 is 0 Å². The third-order valence-corrected chi connectivity index (χ3v) is 4.54. The summed E-state index contributed by atoms with van der Waals surface area (Å²) < 4.78 is 0. The highest BCUT2D eigenvalue weighted by molar-refractivity contribution is 7.99. The maximum Gasteiger partial charge on any atom is 0.287 e. The van der Waals surface area contributed by atoms with E-state index in [0.29, 0.717) is 10.5 Å². The number of hydrogen-bond acceptors (Lipinski definition) is 4. The molecular formula is C16H17ClN2O2S. The Morgan fingerprint density at radius 3 is 2.36 bits per heavy atom. The maximum atomic E-state index is 11.4. The van der Waals surface area contributed by atoms with Crippen molar-refractivity contribution in [3.63, 3.8) is 0 Å². The Labute approximate surface area is 139 Å². The third kappa shape index (κ3) is 4.00. The van der Waals surface area contributed by atoms with Crippen LogP contribution in [0.3, 0.4) is 0 Å². The van der Waals surface area contributed by atoms with Crippen LogP contribution in [0.4, 0.5) is 5.69 Å². The van der Waals surface area contributed by atoms with Gasteiger partial charge in [-0.15, -0.1) is 11.6 Å². The minimum absolute atomic E-state index is 0.0992. The van der Waals surface area contributed by atoms with E-state index in [-0.39, 0.29) is 16.5 Å². The monoisotopic (exact) mass is 336 g/mol. The zero-order chi connectivity index (χ0) is 16.1. The predicted octanol–water partition coefficient (Wildman–Crippen LogP) is 4.55. The molecule has 2 rings (SSSR count). The lowest BCUT2D eigenvalue weighted by atomic mass is 10.2. The topological polar surface area (TPSA) is 46.4 Å². The molecule has 0 aliphatic heterocycles. The molecule has 0 amide bonds. The number of benzene rings is 2. The van der Waals surface area contributed by atoms with Crippen LogP contribution >= 0.6 is 23.4 Å². The van der Waals surface area contributed by atoms with Gasteiger partial charge in [0.1, 0.15) is 0 Å². The molecule has 6 heteroatoms. The average molecular weight is 337 g/mol. The number of halogens is 1. The van der Waals surface area contributed by atoms with Gasteiger partial charge in [0.15, 0.2) is 0 Å². The number of hydrogen-bond donors (Lipinski definition) is 0. The number of alkyl halides is 1. The lowest BCUT2D eigenvalue weighted by Crippen LogP contribution is -2.11. The number of nitrogens with zero attached hydrogens (tertiary/aromatic N) is 2. The summed E-state index contributed by atoms with van der Waals surface area (Å²) >= 11 is 7.24. The van der Waals surface area contributed by atoms with Crippen molar-refractivity contribution in [1.82, 2.24) is 4.90 Å². The summed E-state index contributed by atoms with van der Waals surface area (Å²) in [7, 11) is 4.00. The van der Waals surface area contributed by atoms with Gasteiger partial charge in [-0.25, -0.2) is 0 Å². The molecule has 0 saturated carbocycles. The lowest BCUT2D eigenvalue weighted by Gasteiger charge is -2.14. The first-order chi connectivity index (χ1) is 10.5. The van der Waals surface area contributed by atoms with E-state index in [0.717, 1.165) is 17.0 Å². The smallest absolute Gasteiger partial charge is 0.287 e. The summed E-state index contributed by atoms with van der Waals surface area (Å²) in [6.45, 7) is 0.784. The van der Waals surface area contributed by atoms with Gasteiger partial charge in [-0.05, 0) is 31.8 Å². The molecule has 22 heavy (non-hydrogen) atoms. The van der Waals surface area contributed by atoms with Crippen molar-refractivity contribution in [3.8, 4) is 0 Å². The Hall–Kier alpha value is -1.56. The van der Waals surface area contributed by atoms with Crippen LogP contribution in [-0.2, 0) is 12.4 Å². The van der Waals surface area contributed by atoms with Crippen LogP contribution in [0, 0.1) is 10.1 Å². The molecule has 0 aliphatic carbocycles. The lowest BCUT2D eigenvalue weighted by molar-refractivity contribution is -0.388. The summed E-state index contributed by atoms with van der Waals surface area (Å²) in [6, 6.07) is 13.2. The number of rotatable bonds is 6. The highest BCUT2D eigenvalue weighted by Gasteiger charge is 2.20. The highest BCUT2D eigenvalue weighted by atomic mass is 35.5. The second kappa shape index (κ2) is 7.63. The van der Waals surface area contributed by atoms with Crippen molar-refractivity contribution in [2.45, 2.75) is 22.2 Å². The van der Waals surface area contributed by atoms with Crippen molar-refractivity contribution in [2.75, 3.05) is 14.1 Å². The summed E-state index contributed by atoms with van der Waals surface area (Å²) in [6.07, 6.45) is 0. The van der Waals surface area contributed by atoms with Gasteiger partial charge in [0.05, 0.1) is 15.7 Å². The minimum atomic E-state index is -0.353. The fourth-order valence-corrected chi connectivity index (χ4v) is 3.47. The Morgan fingerprint density at radius 2 is 1.73 bits per heavy atom. The van der Waals surface area contributed by atoms with Gasteiger partial charge in [-0.2, -0.15) is 0 Å². The number of nitro groups is 1. The van der Waals surface area contributed by atoms with Crippen molar-refractivity contribution in [2.24, 2.45) is 0 Å². The summed E-state index contributed by atoms with van der Waals surface area (Å²) in [5, 5.41) is 11.4. The van der Waals surface area contributed by atoms with Crippen LogP contribution in [0.15, 0.2) is 52.3 Å². The molecule has 116 valence electrons. The largest absolute Gasteiger partial charge is 0.305 e. The average Bonchev–Trinajstić information content (AvgIpc) is 2.48. The quantitative estimate of drug-likeness (QED) is 0.441. The molecule has 0 bridgehead atoms. The molecule has 4 nitrogen and oxygen atoms in total. The van der Waals surface area contributed by atoms with E-state index in [1.165, 1.54) is 11.8 Å². The van der Waals surface area contributed by atoms with Gasteiger partial charge < -0.3 is 4.90 Å². The normalized spacial score (nSPS) is 10.9. The van der Waals surface area contributed by atoms with E-state index in [1.54, 1.807) is 12.1 Å². The SMILES string of the molecule is CN(C)Cc1ccccc1Sc1cccc(CCl)c1[N+](=O)[O-]. The van der Waals surface area contributed by atoms with Gasteiger partial charge >= 0.3 is 0 Å². The van der Waals surface area contributed by atoms with Gasteiger partial charge in [-0.1, -0.05) is 42.1 Å². The summed E-state index contributed by atoms with van der Waals surface area (Å²) in [4.78, 5) is 14.7. The standard InChI is InChI=1S/C16H17ClN2O2S/c1-18(2)11-13-6-3-4-8-14(13)22-15-9-5-7-12(10-17)16(15)19(20)21/h3-9H,10-11H2,1-2H3. The molecule has 0 saturated heterocycles. The van der Waals surface area contributed by atoms with E-state index < -0.39 is 0 Å². The predicted molar refractivity (Wildman–Crippen MR) is 90.6 cm³/mol. The molecule has 2 aromatic carbocycles. The van der Waals surface area contributed by atoms with Crippen LogP contribution in [0.25, 0.3) is 0 Å². The van der Waals surface area contributed by atoms with Crippen LogP contribution < -0.4 is 0 Å². The molecule has 0 spiro atoms. The van der Waals surface area contributed by atoms with Crippen LogP contribution in [0.5, 0.6) is 0 Å². The first-order valence-corrected chi connectivity index (χ1v) is 8.10. The van der Waals surface area contributed by atoms with Crippen molar-refractivity contribution < 1.29 is 4.92 Å². The zero-order valence-corrected chi connectivity index (χ0v) is 14.0. The second-order valence-electron chi connectivity index (χ2n) is 5.10. The maximum absolute atomic E-state index is 11.4. The van der Waals surface area contributed by atoms with Crippen LogP contribution in [0.2, 0.25) is 0 Å². The first-order valence-electron chi connectivity index (χ1n) is 6.75. The molecule has 0 aliphatic rings. The molecule has 0 fully saturated rings. The Kier molecular flexibility index (Phi) is 5.83. The highest BCUT2D eigenvalue weighted by Crippen LogP contribution is 2.38. The zero-order valence-electron chi connectivity index (χ0n) is 12.5. The van der Waals surface area contributed by atoms with Crippen LogP contribution in [0.1, 0.15) is 11.1 Å². The number of nitro benzene ring substituents is 1. The Bertz CT molecular complexity index is 677. The Morgan fingerprint density at radius 1 is 1.09 bits per heavy atom. The van der Waals surface area contributed by atoms with Gasteiger partial charge in [0, 0.05) is 17.0 Å². The second-order valence-corrected chi connectivity index (χ2v) is 6.45. The summed E-state index contributed by atoms with van der Waals surface area (Å²) in [5.41, 5.74) is 1.78. The third-order valence-electron chi connectivity index (χ3n) is 3.09. The van der Waals surface area contributed by atoms with E-state index in [1.807, 2.05) is 44.4 Å². The van der Waals surface area contributed by atoms with E-state index in [2.05, 4.69) is 4.90 Å². The summed E-state index contributed by atoms with van der Waals surface area (Å²) in [5.74, 6) is 0.129. The fourth-order valence-electron chi connectivity index (χ4n) is 2.16. The van der Waals surface area contributed by atoms with Crippen LogP contribution in [-0.4, -0.2) is 23.9 Å². The molecule has 0 atom stereocenters. The molecule has 0 heterocycles. The van der Waals surface area contributed by atoms with Gasteiger partial charge in [-0.3, -0.25) is 10.1 Å². The molecular weight excluding hydrogens is 320 g/mol. The van der Waals surface area contributed by atoms with Crippen molar-refractivity contribution >= 4 is 29.1 Å². The Balaban J connectivity index is 2.42. The van der Waals surface area contributed by atoms with Crippen molar-refractivity contribution in [1.29, 1.82) is 0 Å². The van der Waals surface area contributed by atoms with Crippen molar-refractivity contribution in [3.05, 3.63) is 63.7 Å². The molecule has 0 N–H and O–H groups in total. The van der Waals surface area contributed by atoms with Gasteiger partial charge in [0.25, 0.3) is 5.69 Å². The molecule has 0 radical (unpaired) electrons. The molecule has 0 aromatic heterocycles. The number of para-hydroxylation sites is 1.